The van der Waals surface area contributed by atoms with E-state index in [0.29, 0.717) is 27.9 Å². The lowest BCUT2D eigenvalue weighted by Gasteiger charge is -2.37. The summed E-state index contributed by atoms with van der Waals surface area (Å²) in [6.45, 7) is 6.24. The number of benzene rings is 2. The Morgan fingerprint density at radius 3 is 2.43 bits per heavy atom. The van der Waals surface area contributed by atoms with Crippen LogP contribution in [0.25, 0.3) is 17.0 Å². The summed E-state index contributed by atoms with van der Waals surface area (Å²) in [7, 11) is 1.77. The van der Waals surface area contributed by atoms with Crippen LogP contribution < -0.4 is 10.5 Å². The Morgan fingerprint density at radius 2 is 1.73 bits per heavy atom. The molecule has 0 aliphatic carbocycles. The number of aromatic nitrogens is 1. The molecule has 5 rings (SSSR count). The van der Waals surface area contributed by atoms with E-state index in [0.717, 1.165) is 53.9 Å². The van der Waals surface area contributed by atoms with Gasteiger partial charge in [-0.1, -0.05) is 72.0 Å². The Kier molecular flexibility index (Phi) is 7.48. The van der Waals surface area contributed by atoms with E-state index in [-0.39, 0.29) is 18.1 Å². The van der Waals surface area contributed by atoms with Gasteiger partial charge in [0.1, 0.15) is 4.32 Å². The van der Waals surface area contributed by atoms with Gasteiger partial charge in [-0.3, -0.25) is 19.4 Å². The molecule has 2 saturated heterocycles. The number of aryl methyl sites for hydroxylation is 2. The third kappa shape index (κ3) is 5.09. The van der Waals surface area contributed by atoms with Gasteiger partial charge < -0.3 is 14.6 Å². The maximum Gasteiger partial charge on any atom is 0.266 e. The average Bonchev–Trinajstić information content (AvgIpc) is 3.16. The third-order valence-electron chi connectivity index (χ3n) is 7.03. The van der Waals surface area contributed by atoms with Crippen molar-refractivity contribution >= 4 is 56.9 Å². The number of anilines is 1. The fourth-order valence-electron chi connectivity index (χ4n) is 4.95. The number of aliphatic hydroxyl groups is 1. The lowest BCUT2D eigenvalue weighted by molar-refractivity contribution is -0.122. The van der Waals surface area contributed by atoms with Crippen molar-refractivity contribution in [1.82, 2.24) is 14.4 Å². The molecule has 1 aromatic heterocycles. The van der Waals surface area contributed by atoms with E-state index in [1.54, 1.807) is 22.6 Å². The molecule has 2 aliphatic rings. The number of fused-ring (bicyclic) bond motifs is 1. The molecule has 0 radical (unpaired) electrons. The number of pyridine rings is 1. The fourth-order valence-corrected chi connectivity index (χ4v) is 6.19. The standard InChI is InChI=1S/C28H30N4O3S2/c1-19-7-9-20(10-8-19)18-32-27(35)24(37-28(32)36)17-22-25(31-13-11-30(12-14-31)15-16-33)21-5-3-4-6-23(21)29(2)26(22)34/h3-10,17,33H,11-16,18H2,1-2H3. The molecule has 0 spiro atoms. The molecule has 0 atom stereocenters. The monoisotopic (exact) mass is 534 g/mol. The SMILES string of the molecule is Cc1ccc(CN2C(=O)C(=Cc3c(N4CCN(CCO)CC4)c4ccccc4n(C)c3=O)SC2=S)cc1. The summed E-state index contributed by atoms with van der Waals surface area (Å²) in [4.78, 5) is 33.6. The van der Waals surface area contributed by atoms with Crippen molar-refractivity contribution in [2.45, 2.75) is 13.5 Å². The number of piperazine rings is 1. The Hall–Kier alpha value is -2.98. The van der Waals surface area contributed by atoms with Crippen molar-refractivity contribution < 1.29 is 9.90 Å². The van der Waals surface area contributed by atoms with Gasteiger partial charge in [-0.25, -0.2) is 0 Å². The number of thioether (sulfide) groups is 1. The largest absolute Gasteiger partial charge is 0.395 e. The van der Waals surface area contributed by atoms with Gasteiger partial charge in [0.05, 0.1) is 34.8 Å². The highest BCUT2D eigenvalue weighted by Gasteiger charge is 2.33. The molecule has 2 fully saturated rings. The van der Waals surface area contributed by atoms with Crippen molar-refractivity contribution in [3.8, 4) is 0 Å². The molecule has 9 heteroatoms. The van der Waals surface area contributed by atoms with E-state index < -0.39 is 0 Å². The van der Waals surface area contributed by atoms with Crippen LogP contribution in [0.4, 0.5) is 5.69 Å². The number of carbonyl (C=O) groups excluding carboxylic acids is 1. The summed E-state index contributed by atoms with van der Waals surface area (Å²) in [6.07, 6.45) is 1.73. The van der Waals surface area contributed by atoms with Crippen LogP contribution in [-0.2, 0) is 18.4 Å². The number of para-hydroxylation sites is 1. The molecule has 2 aromatic carbocycles. The van der Waals surface area contributed by atoms with Crippen LogP contribution in [0.1, 0.15) is 16.7 Å². The van der Waals surface area contributed by atoms with Crippen molar-refractivity contribution in [2.24, 2.45) is 7.05 Å². The number of rotatable bonds is 6. The maximum atomic E-state index is 13.7. The van der Waals surface area contributed by atoms with Crippen molar-refractivity contribution in [1.29, 1.82) is 0 Å². The number of hydrogen-bond donors (Lipinski definition) is 1. The maximum absolute atomic E-state index is 13.7. The minimum absolute atomic E-state index is 0.129. The van der Waals surface area contributed by atoms with Crippen molar-refractivity contribution in [3.05, 3.63) is 80.5 Å². The topological polar surface area (TPSA) is 69.0 Å². The lowest BCUT2D eigenvalue weighted by atomic mass is 10.1. The van der Waals surface area contributed by atoms with Crippen molar-refractivity contribution in [2.75, 3.05) is 44.2 Å². The van der Waals surface area contributed by atoms with Gasteiger partial charge in [0.2, 0.25) is 0 Å². The molecule has 0 unspecified atom stereocenters. The predicted octanol–water partition coefficient (Wildman–Crippen LogP) is 3.36. The summed E-state index contributed by atoms with van der Waals surface area (Å²) in [5, 5.41) is 10.3. The first kappa shape index (κ1) is 25.7. The third-order valence-corrected chi connectivity index (χ3v) is 8.40. The van der Waals surface area contributed by atoms with Crippen LogP contribution >= 0.6 is 24.0 Å². The molecule has 0 saturated carbocycles. The Balaban J connectivity index is 1.54. The van der Waals surface area contributed by atoms with E-state index in [1.807, 2.05) is 55.5 Å². The normalized spacial score (nSPS) is 18.0. The van der Waals surface area contributed by atoms with Gasteiger partial charge in [0.25, 0.3) is 11.5 Å². The molecule has 37 heavy (non-hydrogen) atoms. The molecule has 3 heterocycles. The number of amides is 1. The molecule has 192 valence electrons. The number of aliphatic hydroxyl groups excluding tert-OH is 1. The molecule has 2 aliphatic heterocycles. The molecule has 1 amide bonds. The highest BCUT2D eigenvalue weighted by Crippen LogP contribution is 2.37. The van der Waals surface area contributed by atoms with E-state index in [1.165, 1.54) is 11.8 Å². The average molecular weight is 535 g/mol. The summed E-state index contributed by atoms with van der Waals surface area (Å²) in [5.74, 6) is -0.176. The zero-order valence-corrected chi connectivity index (χ0v) is 22.6. The number of β-amino-alcohol motifs (C(OH)–C–C–N with tert-alkyl or cyclic N) is 1. The second-order valence-electron chi connectivity index (χ2n) is 9.45. The van der Waals surface area contributed by atoms with Crippen LogP contribution in [0.15, 0.2) is 58.2 Å². The molecule has 1 N–H and O–H groups in total. The van der Waals surface area contributed by atoms with Crippen LogP contribution in [0, 0.1) is 6.92 Å². The Morgan fingerprint density at radius 1 is 1.03 bits per heavy atom. The first-order chi connectivity index (χ1) is 17.9. The number of hydrogen-bond acceptors (Lipinski definition) is 7. The van der Waals surface area contributed by atoms with Gasteiger partial charge >= 0.3 is 0 Å². The van der Waals surface area contributed by atoms with E-state index in [4.69, 9.17) is 12.2 Å². The van der Waals surface area contributed by atoms with Crippen LogP contribution in [0.5, 0.6) is 0 Å². The van der Waals surface area contributed by atoms with Gasteiger partial charge in [-0.15, -0.1) is 0 Å². The second kappa shape index (κ2) is 10.8. The minimum Gasteiger partial charge on any atom is -0.395 e. The number of carbonyl (C=O) groups is 1. The minimum atomic E-state index is -0.176. The van der Waals surface area contributed by atoms with Gasteiger partial charge in [0, 0.05) is 45.2 Å². The highest BCUT2D eigenvalue weighted by molar-refractivity contribution is 8.26. The van der Waals surface area contributed by atoms with Crippen LogP contribution in [0.2, 0.25) is 0 Å². The van der Waals surface area contributed by atoms with E-state index in [9.17, 15) is 14.7 Å². The summed E-state index contributed by atoms with van der Waals surface area (Å²) < 4.78 is 2.15. The van der Waals surface area contributed by atoms with Crippen LogP contribution in [0.3, 0.4) is 0 Å². The quantitative estimate of drug-likeness (QED) is 0.384. The van der Waals surface area contributed by atoms with Crippen LogP contribution in [-0.4, -0.2) is 69.0 Å². The molecular formula is C28H30N4O3S2. The van der Waals surface area contributed by atoms with E-state index in [2.05, 4.69) is 9.80 Å². The molecular weight excluding hydrogens is 504 g/mol. The van der Waals surface area contributed by atoms with Gasteiger partial charge in [-0.2, -0.15) is 0 Å². The summed E-state index contributed by atoms with van der Waals surface area (Å²) >= 11 is 6.82. The second-order valence-corrected chi connectivity index (χ2v) is 11.1. The number of nitrogens with zero attached hydrogens (tertiary/aromatic N) is 4. The first-order valence-electron chi connectivity index (χ1n) is 12.4. The van der Waals surface area contributed by atoms with Crippen molar-refractivity contribution in [3.63, 3.8) is 0 Å². The Labute approximate surface area is 226 Å². The highest BCUT2D eigenvalue weighted by atomic mass is 32.2. The summed E-state index contributed by atoms with van der Waals surface area (Å²) in [5.41, 5.74) is 4.23. The fraction of sp³-hybridized carbons (Fsp3) is 0.321. The summed E-state index contributed by atoms with van der Waals surface area (Å²) in [6, 6.07) is 15.9. The van der Waals surface area contributed by atoms with Gasteiger partial charge in [0.15, 0.2) is 0 Å². The smallest absolute Gasteiger partial charge is 0.266 e. The number of thiocarbonyl (C=S) groups is 1. The molecule has 7 nitrogen and oxygen atoms in total. The van der Waals surface area contributed by atoms with E-state index >= 15 is 0 Å². The molecule has 3 aromatic rings. The zero-order valence-electron chi connectivity index (χ0n) is 21.0. The zero-order chi connectivity index (χ0) is 26.1. The predicted molar refractivity (Wildman–Crippen MR) is 155 cm³/mol. The Bertz CT molecular complexity index is 1440. The lowest BCUT2D eigenvalue weighted by Crippen LogP contribution is -2.48. The molecule has 0 bridgehead atoms. The first-order valence-corrected chi connectivity index (χ1v) is 13.6. The van der Waals surface area contributed by atoms with Gasteiger partial charge in [-0.05, 0) is 24.6 Å².